The summed E-state index contributed by atoms with van der Waals surface area (Å²) in [5.74, 6) is -0.174. The van der Waals surface area contributed by atoms with Crippen molar-refractivity contribution in [1.29, 1.82) is 0 Å². The largest absolute Gasteiger partial charge is 0.385 e. The van der Waals surface area contributed by atoms with E-state index < -0.39 is 0 Å². The highest BCUT2D eigenvalue weighted by atomic mass is 16.1. The SMILES string of the molecule is Cc1cccc(CNC(=O)c2cc(NCCc3c[nH]c4ccccc34)ccn2)c1. The standard InChI is InChI=1S/C24H24N4O/c1-17-5-4-6-18(13-17)15-28-24(29)23-14-20(10-12-26-23)25-11-9-19-16-27-22-8-3-2-7-21(19)22/h2-8,10,12-14,16,27H,9,11,15H2,1H3,(H,25,26)(H,28,29). The van der Waals surface area contributed by atoms with Crippen LogP contribution in [0, 0.1) is 6.92 Å². The Kier molecular flexibility index (Phi) is 5.56. The fourth-order valence-corrected chi connectivity index (χ4v) is 3.44. The van der Waals surface area contributed by atoms with Crippen molar-refractivity contribution in [3.05, 3.63) is 95.4 Å². The van der Waals surface area contributed by atoms with Gasteiger partial charge in [0.05, 0.1) is 0 Å². The van der Waals surface area contributed by atoms with Crippen LogP contribution in [0.2, 0.25) is 0 Å². The second-order valence-electron chi connectivity index (χ2n) is 7.14. The van der Waals surface area contributed by atoms with E-state index in [4.69, 9.17) is 0 Å². The van der Waals surface area contributed by atoms with E-state index >= 15 is 0 Å². The molecular formula is C24H24N4O. The summed E-state index contributed by atoms with van der Waals surface area (Å²) in [7, 11) is 0. The predicted molar refractivity (Wildman–Crippen MR) is 117 cm³/mol. The highest BCUT2D eigenvalue weighted by Gasteiger charge is 2.08. The molecule has 0 saturated heterocycles. The summed E-state index contributed by atoms with van der Waals surface area (Å²) in [5, 5.41) is 7.58. The number of aryl methyl sites for hydroxylation is 1. The van der Waals surface area contributed by atoms with E-state index in [-0.39, 0.29) is 5.91 Å². The first kappa shape index (κ1) is 18.7. The topological polar surface area (TPSA) is 69.8 Å². The summed E-state index contributed by atoms with van der Waals surface area (Å²) in [6.07, 6.45) is 4.61. The van der Waals surface area contributed by atoms with Gasteiger partial charge >= 0.3 is 0 Å². The van der Waals surface area contributed by atoms with Gasteiger partial charge in [-0.2, -0.15) is 0 Å². The number of para-hydroxylation sites is 1. The van der Waals surface area contributed by atoms with E-state index in [1.165, 1.54) is 16.5 Å². The van der Waals surface area contributed by atoms with E-state index in [0.29, 0.717) is 12.2 Å². The average Bonchev–Trinajstić information content (AvgIpc) is 3.15. The lowest BCUT2D eigenvalue weighted by Gasteiger charge is -2.09. The molecule has 146 valence electrons. The first-order valence-corrected chi connectivity index (χ1v) is 9.78. The zero-order valence-corrected chi connectivity index (χ0v) is 16.4. The summed E-state index contributed by atoms with van der Waals surface area (Å²) >= 11 is 0. The highest BCUT2D eigenvalue weighted by Crippen LogP contribution is 2.18. The summed E-state index contributed by atoms with van der Waals surface area (Å²) in [6.45, 7) is 3.30. The maximum atomic E-state index is 12.5. The number of nitrogens with one attached hydrogen (secondary N) is 3. The number of pyridine rings is 1. The molecule has 0 saturated carbocycles. The monoisotopic (exact) mass is 384 g/mol. The van der Waals surface area contributed by atoms with Crippen LogP contribution in [0.1, 0.15) is 27.2 Å². The summed E-state index contributed by atoms with van der Waals surface area (Å²) < 4.78 is 0. The van der Waals surface area contributed by atoms with Crippen molar-refractivity contribution in [3.63, 3.8) is 0 Å². The second-order valence-corrected chi connectivity index (χ2v) is 7.14. The van der Waals surface area contributed by atoms with Crippen molar-refractivity contribution in [1.82, 2.24) is 15.3 Å². The maximum Gasteiger partial charge on any atom is 0.270 e. The second kappa shape index (κ2) is 8.61. The third-order valence-electron chi connectivity index (χ3n) is 4.93. The molecule has 4 rings (SSSR count). The number of nitrogens with zero attached hydrogens (tertiary/aromatic N) is 1. The first-order chi connectivity index (χ1) is 14.2. The zero-order valence-electron chi connectivity index (χ0n) is 16.4. The van der Waals surface area contributed by atoms with Gasteiger partial charge in [-0.05, 0) is 42.7 Å². The number of benzene rings is 2. The Balaban J connectivity index is 1.33. The fraction of sp³-hybridized carbons (Fsp3) is 0.167. The van der Waals surface area contributed by atoms with Crippen LogP contribution in [0.5, 0.6) is 0 Å². The lowest BCUT2D eigenvalue weighted by Crippen LogP contribution is -2.24. The van der Waals surface area contributed by atoms with Gasteiger partial charge in [-0.1, -0.05) is 48.0 Å². The molecule has 0 spiro atoms. The van der Waals surface area contributed by atoms with Crippen LogP contribution in [-0.4, -0.2) is 22.4 Å². The molecule has 5 nitrogen and oxygen atoms in total. The maximum absolute atomic E-state index is 12.5. The molecule has 4 aromatic rings. The zero-order chi connectivity index (χ0) is 20.1. The molecular weight excluding hydrogens is 360 g/mol. The number of anilines is 1. The number of rotatable bonds is 7. The van der Waals surface area contributed by atoms with Crippen LogP contribution in [0.15, 0.2) is 73.1 Å². The predicted octanol–water partition coefficient (Wildman–Crippen LogP) is 4.46. The molecule has 0 aliphatic rings. The molecule has 0 atom stereocenters. The summed E-state index contributed by atoms with van der Waals surface area (Å²) in [6, 6.07) is 20.1. The third-order valence-corrected chi connectivity index (χ3v) is 4.93. The Morgan fingerprint density at radius 1 is 1.07 bits per heavy atom. The number of hydrogen-bond donors (Lipinski definition) is 3. The highest BCUT2D eigenvalue weighted by molar-refractivity contribution is 5.93. The van der Waals surface area contributed by atoms with Gasteiger partial charge in [-0.15, -0.1) is 0 Å². The van der Waals surface area contributed by atoms with Gasteiger partial charge in [-0.3, -0.25) is 9.78 Å². The number of carbonyl (C=O) groups excluding carboxylic acids is 1. The van der Waals surface area contributed by atoms with E-state index in [1.54, 1.807) is 12.3 Å². The first-order valence-electron chi connectivity index (χ1n) is 9.78. The molecule has 0 radical (unpaired) electrons. The number of hydrogen-bond acceptors (Lipinski definition) is 3. The van der Waals surface area contributed by atoms with E-state index in [9.17, 15) is 4.79 Å². The Morgan fingerprint density at radius 2 is 1.97 bits per heavy atom. The number of fused-ring (bicyclic) bond motifs is 1. The molecule has 1 amide bonds. The van der Waals surface area contributed by atoms with Gasteiger partial charge < -0.3 is 15.6 Å². The van der Waals surface area contributed by atoms with Crippen molar-refractivity contribution >= 4 is 22.5 Å². The normalized spacial score (nSPS) is 10.8. The van der Waals surface area contributed by atoms with Gasteiger partial charge in [0.2, 0.25) is 0 Å². The van der Waals surface area contributed by atoms with Crippen LogP contribution in [0.25, 0.3) is 10.9 Å². The Labute approximate surface area is 170 Å². The van der Waals surface area contributed by atoms with E-state index in [2.05, 4.69) is 51.1 Å². The van der Waals surface area contributed by atoms with Crippen LogP contribution in [-0.2, 0) is 13.0 Å². The quantitative estimate of drug-likeness (QED) is 0.441. The average molecular weight is 384 g/mol. The molecule has 0 fully saturated rings. The van der Waals surface area contributed by atoms with Crippen molar-refractivity contribution in [2.24, 2.45) is 0 Å². The van der Waals surface area contributed by atoms with Crippen LogP contribution >= 0.6 is 0 Å². The molecule has 2 aromatic heterocycles. The lowest BCUT2D eigenvalue weighted by atomic mass is 10.1. The van der Waals surface area contributed by atoms with Crippen molar-refractivity contribution in [2.75, 3.05) is 11.9 Å². The molecule has 0 bridgehead atoms. The van der Waals surface area contributed by atoms with Gasteiger partial charge in [-0.25, -0.2) is 0 Å². The van der Waals surface area contributed by atoms with Gasteiger partial charge in [0.1, 0.15) is 5.69 Å². The number of aromatic nitrogens is 2. The van der Waals surface area contributed by atoms with Crippen molar-refractivity contribution in [3.8, 4) is 0 Å². The Morgan fingerprint density at radius 3 is 2.86 bits per heavy atom. The molecule has 29 heavy (non-hydrogen) atoms. The van der Waals surface area contributed by atoms with Crippen molar-refractivity contribution < 1.29 is 4.79 Å². The molecule has 3 N–H and O–H groups in total. The molecule has 2 aromatic carbocycles. The van der Waals surface area contributed by atoms with E-state index in [1.807, 2.05) is 37.3 Å². The minimum Gasteiger partial charge on any atom is -0.385 e. The Hall–Kier alpha value is -3.60. The Bertz CT molecular complexity index is 1130. The van der Waals surface area contributed by atoms with Crippen LogP contribution in [0.4, 0.5) is 5.69 Å². The van der Waals surface area contributed by atoms with Crippen LogP contribution < -0.4 is 10.6 Å². The summed E-state index contributed by atoms with van der Waals surface area (Å²) in [4.78, 5) is 20.0. The van der Waals surface area contributed by atoms with Crippen molar-refractivity contribution in [2.45, 2.75) is 19.9 Å². The molecule has 0 aliphatic carbocycles. The van der Waals surface area contributed by atoms with Gasteiger partial charge in [0.15, 0.2) is 0 Å². The molecule has 5 heteroatoms. The lowest BCUT2D eigenvalue weighted by molar-refractivity contribution is 0.0946. The van der Waals surface area contributed by atoms with Crippen LogP contribution in [0.3, 0.4) is 0 Å². The molecule has 2 heterocycles. The number of amides is 1. The number of H-pyrrole nitrogens is 1. The number of carbonyl (C=O) groups is 1. The fourth-order valence-electron chi connectivity index (χ4n) is 3.44. The molecule has 0 unspecified atom stereocenters. The third kappa shape index (κ3) is 4.63. The molecule has 0 aliphatic heterocycles. The van der Waals surface area contributed by atoms with Gasteiger partial charge in [0, 0.05) is 42.1 Å². The minimum atomic E-state index is -0.174. The summed E-state index contributed by atoms with van der Waals surface area (Å²) in [5.41, 5.74) is 5.98. The van der Waals surface area contributed by atoms with Gasteiger partial charge in [0.25, 0.3) is 5.91 Å². The number of aromatic amines is 1. The van der Waals surface area contributed by atoms with E-state index in [0.717, 1.165) is 29.7 Å². The smallest absolute Gasteiger partial charge is 0.270 e. The minimum absolute atomic E-state index is 0.174.